The first-order valence-electron chi connectivity index (χ1n) is 27.2. The monoisotopic (exact) mass is 1040 g/mol. The number of benzene rings is 3. The molecule has 9 heteroatoms. The van der Waals surface area contributed by atoms with Crippen LogP contribution in [0.15, 0.2) is 115 Å². The van der Waals surface area contributed by atoms with Crippen LogP contribution in [0, 0.1) is 23.7 Å². The zero-order chi connectivity index (χ0) is 54.1. The van der Waals surface area contributed by atoms with Gasteiger partial charge in [0.25, 0.3) is 0 Å². The molecule has 3 aromatic rings. The largest absolute Gasteiger partial charge is 0.417 e. The zero-order valence-electron chi connectivity index (χ0n) is 49.9. The molecule has 0 aliphatic heterocycles. The Morgan fingerprint density at radius 2 is 0.845 bits per heavy atom. The SMILES string of the molecule is C[C@@H](CO[Si](C)(C)C(C)(C)C)C[C@@H](C)[C@@H](O[Si](C)(C)C(C)(C)C)[C@@H](C)C=C[C@H](C[C@H](O[Si](C)(C)C(C)(C)C)[C@@H](C)C=CCOC(c1ccccc1)(c1ccccc1)c1ccccc1)O[Si](C)(C)C(C)(C)C. The molecule has 71 heavy (non-hydrogen) atoms. The van der Waals surface area contributed by atoms with Crippen LogP contribution < -0.4 is 0 Å². The van der Waals surface area contributed by atoms with Crippen molar-refractivity contribution in [3.63, 3.8) is 0 Å². The molecule has 3 rings (SSSR count). The van der Waals surface area contributed by atoms with E-state index in [2.05, 4.69) is 278 Å². The molecule has 0 N–H and O–H groups in total. The molecule has 3 aromatic carbocycles. The first kappa shape index (κ1) is 63.1. The lowest BCUT2D eigenvalue weighted by atomic mass is 9.80. The smallest absolute Gasteiger partial charge is 0.192 e. The molecule has 0 saturated carbocycles. The molecule has 0 unspecified atom stereocenters. The van der Waals surface area contributed by atoms with Crippen molar-refractivity contribution in [1.29, 1.82) is 0 Å². The van der Waals surface area contributed by atoms with E-state index in [9.17, 15) is 0 Å². The first-order chi connectivity index (χ1) is 32.4. The van der Waals surface area contributed by atoms with Crippen molar-refractivity contribution >= 4 is 33.3 Å². The lowest BCUT2D eigenvalue weighted by Crippen LogP contribution is -2.48. The Morgan fingerprint density at radius 1 is 0.451 bits per heavy atom. The van der Waals surface area contributed by atoms with E-state index in [0.717, 1.165) is 36.1 Å². The van der Waals surface area contributed by atoms with Crippen LogP contribution in [0.4, 0.5) is 0 Å². The average Bonchev–Trinajstić information content (AvgIpc) is 3.25. The summed E-state index contributed by atoms with van der Waals surface area (Å²) in [4.78, 5) is 0. The summed E-state index contributed by atoms with van der Waals surface area (Å²) in [6.45, 7) is 57.9. The van der Waals surface area contributed by atoms with Gasteiger partial charge in [-0.15, -0.1) is 0 Å². The van der Waals surface area contributed by atoms with Crippen molar-refractivity contribution in [2.75, 3.05) is 13.2 Å². The van der Waals surface area contributed by atoms with Crippen molar-refractivity contribution in [1.82, 2.24) is 0 Å². The molecule has 0 aliphatic carbocycles. The van der Waals surface area contributed by atoms with Gasteiger partial charge in [0.05, 0.1) is 24.9 Å². The van der Waals surface area contributed by atoms with Gasteiger partial charge in [-0.2, -0.15) is 0 Å². The summed E-state index contributed by atoms with van der Waals surface area (Å²) in [6, 6.07) is 31.9. The van der Waals surface area contributed by atoms with Crippen molar-refractivity contribution in [2.24, 2.45) is 23.7 Å². The average molecular weight is 1040 g/mol. The zero-order valence-corrected chi connectivity index (χ0v) is 53.9. The lowest BCUT2D eigenvalue weighted by Gasteiger charge is -2.44. The van der Waals surface area contributed by atoms with Crippen molar-refractivity contribution in [3.05, 3.63) is 132 Å². The van der Waals surface area contributed by atoms with Gasteiger partial charge in [-0.25, -0.2) is 0 Å². The number of hydrogen-bond acceptors (Lipinski definition) is 5. The quantitative estimate of drug-likeness (QED) is 0.0481. The molecule has 7 atom stereocenters. The Labute approximate surface area is 442 Å². The number of rotatable bonds is 25. The minimum atomic E-state index is -2.23. The minimum absolute atomic E-state index is 0.0376. The lowest BCUT2D eigenvalue weighted by molar-refractivity contribution is 0.0314. The molecule has 0 saturated heterocycles. The van der Waals surface area contributed by atoms with E-state index in [-0.39, 0.29) is 50.3 Å². The highest BCUT2D eigenvalue weighted by molar-refractivity contribution is 6.75. The number of ether oxygens (including phenoxy) is 1. The molecule has 0 aliphatic rings. The standard InChI is InChI=1S/C62H106O5Si4/c1-48(47-64-68(17,18)58(5,6)7)45-51(4)57(67-71(23,24)61(14,15)16)50(3)42-43-55(65-69(19,20)59(8,9)10)46-56(66-70(21,22)60(11,12)13)49(2)35-34-44-63-62(52-36-28-25-29-37-52,53-38-30-26-31-39-53)54-40-32-27-33-41-54/h25-43,48-51,55-57H,44-47H2,1-24H3/t48-,49+,50+,51-,55-,56+,57+/m1/s1. The second-order valence-electron chi connectivity index (χ2n) is 27.4. The third-order valence-electron chi connectivity index (χ3n) is 17.2. The highest BCUT2D eigenvalue weighted by Gasteiger charge is 2.45. The molecule has 0 amide bonds. The predicted octanol–water partition coefficient (Wildman–Crippen LogP) is 18.6. The Bertz CT molecular complexity index is 1970. The number of hydrogen-bond donors (Lipinski definition) is 0. The summed E-state index contributed by atoms with van der Waals surface area (Å²) in [7, 11) is -8.44. The molecule has 5 nitrogen and oxygen atoms in total. The van der Waals surface area contributed by atoms with Gasteiger partial charge in [-0.3, -0.25) is 0 Å². The van der Waals surface area contributed by atoms with Gasteiger partial charge >= 0.3 is 0 Å². The maximum Gasteiger partial charge on any atom is 0.192 e. The molecular weight excluding hydrogens is 937 g/mol. The molecule has 0 heterocycles. The maximum absolute atomic E-state index is 7.53. The van der Waals surface area contributed by atoms with Gasteiger partial charge in [0, 0.05) is 13.0 Å². The van der Waals surface area contributed by atoms with Crippen molar-refractivity contribution in [3.8, 4) is 0 Å². The molecule has 0 fully saturated rings. The Kier molecular flexibility index (Phi) is 22.3. The van der Waals surface area contributed by atoms with Crippen LogP contribution in [0.1, 0.15) is 140 Å². The van der Waals surface area contributed by atoms with E-state index < -0.39 is 38.9 Å². The van der Waals surface area contributed by atoms with E-state index in [1.165, 1.54) is 0 Å². The van der Waals surface area contributed by atoms with Crippen LogP contribution in [-0.4, -0.2) is 64.8 Å². The molecule has 0 bridgehead atoms. The first-order valence-corrected chi connectivity index (χ1v) is 38.8. The van der Waals surface area contributed by atoms with Gasteiger partial charge in [-0.1, -0.05) is 226 Å². The molecule has 0 radical (unpaired) electrons. The van der Waals surface area contributed by atoms with E-state index in [1.807, 2.05) is 0 Å². The predicted molar refractivity (Wildman–Crippen MR) is 319 cm³/mol. The van der Waals surface area contributed by atoms with Gasteiger partial charge < -0.3 is 22.4 Å². The van der Waals surface area contributed by atoms with Gasteiger partial charge in [0.15, 0.2) is 33.3 Å². The van der Waals surface area contributed by atoms with E-state index in [4.69, 9.17) is 22.4 Å². The topological polar surface area (TPSA) is 46.2 Å². The van der Waals surface area contributed by atoms with Crippen LogP contribution in [0.25, 0.3) is 0 Å². The second kappa shape index (κ2) is 25.1. The second-order valence-corrected chi connectivity index (χ2v) is 46.5. The fraction of sp³-hybridized carbons (Fsp3) is 0.645. The Morgan fingerprint density at radius 3 is 1.25 bits per heavy atom. The molecule has 400 valence electrons. The van der Waals surface area contributed by atoms with Gasteiger partial charge in [-0.05, 0) is 119 Å². The summed E-state index contributed by atoms with van der Waals surface area (Å²) < 4.78 is 36.5. The summed E-state index contributed by atoms with van der Waals surface area (Å²) in [5.41, 5.74) is 2.50. The summed E-state index contributed by atoms with van der Waals surface area (Å²) in [5.74, 6) is 1.03. The molecular formula is C62H106O5Si4. The fourth-order valence-electron chi connectivity index (χ4n) is 8.28. The van der Waals surface area contributed by atoms with Crippen LogP contribution >= 0.6 is 0 Å². The van der Waals surface area contributed by atoms with Crippen LogP contribution in [0.3, 0.4) is 0 Å². The van der Waals surface area contributed by atoms with Gasteiger partial charge in [0.1, 0.15) is 5.60 Å². The van der Waals surface area contributed by atoms with Crippen LogP contribution in [0.2, 0.25) is 72.5 Å². The van der Waals surface area contributed by atoms with Gasteiger partial charge in [0.2, 0.25) is 0 Å². The summed E-state index contributed by atoms with van der Waals surface area (Å²) in [6.07, 6.45) is 11.0. The van der Waals surface area contributed by atoms with Crippen LogP contribution in [-0.2, 0) is 28.0 Å². The third-order valence-corrected chi connectivity index (χ3v) is 35.2. The molecule has 0 spiro atoms. The van der Waals surface area contributed by atoms with E-state index in [0.29, 0.717) is 18.4 Å². The normalized spacial score (nSPS) is 17.3. The fourth-order valence-corrected chi connectivity index (χ4v) is 13.6. The third kappa shape index (κ3) is 17.4. The summed E-state index contributed by atoms with van der Waals surface area (Å²) >= 11 is 0. The minimum Gasteiger partial charge on any atom is -0.417 e. The highest BCUT2D eigenvalue weighted by Crippen LogP contribution is 2.44. The highest BCUT2D eigenvalue weighted by atomic mass is 28.4. The molecule has 0 aromatic heterocycles. The van der Waals surface area contributed by atoms with Crippen LogP contribution in [0.5, 0.6) is 0 Å². The Hall–Kier alpha value is -2.19. The van der Waals surface area contributed by atoms with E-state index in [1.54, 1.807) is 0 Å². The van der Waals surface area contributed by atoms with Crippen molar-refractivity contribution in [2.45, 2.75) is 220 Å². The Balaban J connectivity index is 2.08. The van der Waals surface area contributed by atoms with E-state index >= 15 is 0 Å². The summed E-state index contributed by atoms with van der Waals surface area (Å²) in [5, 5.41) is 0.355. The maximum atomic E-state index is 7.53. The van der Waals surface area contributed by atoms with Crippen molar-refractivity contribution < 1.29 is 22.4 Å².